The highest BCUT2D eigenvalue weighted by Gasteiger charge is 2.18. The van der Waals surface area contributed by atoms with Gasteiger partial charge in [0.2, 0.25) is 0 Å². The average Bonchev–Trinajstić information content (AvgIpc) is 2.19. The summed E-state index contributed by atoms with van der Waals surface area (Å²) in [6.45, 7) is 1.92. The molecule has 4 heteroatoms. The number of halogens is 2. The predicted molar refractivity (Wildman–Crippen MR) is 60.3 cm³/mol. The van der Waals surface area contributed by atoms with Crippen LogP contribution in [0.3, 0.4) is 0 Å². The first-order chi connectivity index (χ1) is 6.75. The van der Waals surface area contributed by atoms with Gasteiger partial charge >= 0.3 is 0 Å². The first-order valence-electron chi connectivity index (χ1n) is 4.76. The molecule has 1 aromatic rings. The minimum atomic E-state index is 0.251. The number of aromatic nitrogens is 1. The van der Waals surface area contributed by atoms with Crippen molar-refractivity contribution in [2.45, 2.75) is 18.2 Å². The lowest BCUT2D eigenvalue weighted by molar-refractivity contribution is 0.580. The van der Waals surface area contributed by atoms with Crippen LogP contribution in [-0.2, 0) is 0 Å². The van der Waals surface area contributed by atoms with E-state index in [1.54, 1.807) is 6.20 Å². The Morgan fingerprint density at radius 2 is 2.29 bits per heavy atom. The zero-order valence-electron chi connectivity index (χ0n) is 7.79. The van der Waals surface area contributed by atoms with E-state index in [9.17, 15) is 0 Å². The molecule has 14 heavy (non-hydrogen) atoms. The van der Waals surface area contributed by atoms with E-state index in [0.29, 0.717) is 5.02 Å². The normalized spacial score (nSPS) is 22.4. The Hall–Kier alpha value is -0.470. The number of hydrogen-bond donors (Lipinski definition) is 0. The second kappa shape index (κ2) is 4.37. The minimum Gasteiger partial charge on any atom is -0.355 e. The molecule has 2 nitrogen and oxygen atoms in total. The fraction of sp³-hybridized carbons (Fsp3) is 0.500. The number of pyridine rings is 1. The predicted octanol–water partition coefficient (Wildman–Crippen LogP) is 2.94. The van der Waals surface area contributed by atoms with Crippen LogP contribution in [-0.4, -0.2) is 23.5 Å². The van der Waals surface area contributed by atoms with E-state index in [-0.39, 0.29) is 5.38 Å². The fourth-order valence-corrected chi connectivity index (χ4v) is 2.12. The molecule has 1 aliphatic rings. The zero-order valence-corrected chi connectivity index (χ0v) is 9.30. The lowest BCUT2D eigenvalue weighted by Gasteiger charge is -2.30. The minimum absolute atomic E-state index is 0.251. The number of anilines is 1. The summed E-state index contributed by atoms with van der Waals surface area (Å²) in [5.41, 5.74) is 0. The van der Waals surface area contributed by atoms with Crippen molar-refractivity contribution in [3.05, 3.63) is 23.4 Å². The van der Waals surface area contributed by atoms with Crippen LogP contribution in [0.5, 0.6) is 0 Å². The molecule has 0 aromatic carbocycles. The van der Waals surface area contributed by atoms with E-state index >= 15 is 0 Å². The third-order valence-corrected chi connectivity index (χ3v) is 2.98. The van der Waals surface area contributed by atoms with Crippen LogP contribution >= 0.6 is 23.2 Å². The molecule has 0 saturated carbocycles. The third kappa shape index (κ3) is 2.31. The van der Waals surface area contributed by atoms with E-state index in [1.807, 2.05) is 12.1 Å². The van der Waals surface area contributed by atoms with Gasteiger partial charge in [-0.1, -0.05) is 11.6 Å². The second-order valence-corrected chi connectivity index (χ2v) is 4.57. The molecule has 0 radical (unpaired) electrons. The Balaban J connectivity index is 2.10. The molecule has 0 aliphatic carbocycles. The standard InChI is InChI=1S/C10H12Cl2N2/c11-8-3-4-10(13-6-8)14-5-1-2-9(12)7-14/h3-4,6,9H,1-2,5,7H2. The van der Waals surface area contributed by atoms with Crippen molar-refractivity contribution in [1.29, 1.82) is 0 Å². The van der Waals surface area contributed by atoms with Gasteiger partial charge in [0.1, 0.15) is 5.82 Å². The maximum atomic E-state index is 6.10. The Bertz CT molecular complexity index is 299. The van der Waals surface area contributed by atoms with Crippen LogP contribution in [0.4, 0.5) is 5.82 Å². The van der Waals surface area contributed by atoms with Crippen LogP contribution < -0.4 is 4.90 Å². The van der Waals surface area contributed by atoms with E-state index in [2.05, 4.69) is 9.88 Å². The fourth-order valence-electron chi connectivity index (χ4n) is 1.69. The lowest BCUT2D eigenvalue weighted by atomic mass is 10.1. The maximum Gasteiger partial charge on any atom is 0.128 e. The van der Waals surface area contributed by atoms with Crippen molar-refractivity contribution in [1.82, 2.24) is 4.98 Å². The molecule has 1 aromatic heterocycles. The van der Waals surface area contributed by atoms with Gasteiger partial charge in [0.15, 0.2) is 0 Å². The van der Waals surface area contributed by atoms with E-state index in [4.69, 9.17) is 23.2 Å². The molecule has 1 atom stereocenters. The molecule has 0 bridgehead atoms. The Morgan fingerprint density at radius 1 is 1.43 bits per heavy atom. The molecule has 0 spiro atoms. The molecule has 1 aliphatic heterocycles. The van der Waals surface area contributed by atoms with Crippen LogP contribution in [0.2, 0.25) is 5.02 Å². The summed E-state index contributed by atoms with van der Waals surface area (Å²) in [5, 5.41) is 0.925. The van der Waals surface area contributed by atoms with Crippen molar-refractivity contribution in [2.75, 3.05) is 18.0 Å². The topological polar surface area (TPSA) is 16.1 Å². The molecular formula is C10H12Cl2N2. The van der Waals surface area contributed by atoms with Gasteiger partial charge in [0.25, 0.3) is 0 Å². The summed E-state index contributed by atoms with van der Waals surface area (Å²) in [4.78, 5) is 6.48. The zero-order chi connectivity index (χ0) is 9.97. The van der Waals surface area contributed by atoms with Crippen LogP contribution in [0, 0.1) is 0 Å². The highest BCUT2D eigenvalue weighted by atomic mass is 35.5. The highest BCUT2D eigenvalue weighted by molar-refractivity contribution is 6.30. The molecular weight excluding hydrogens is 219 g/mol. The third-order valence-electron chi connectivity index (χ3n) is 2.40. The molecule has 2 rings (SSSR count). The van der Waals surface area contributed by atoms with E-state index in [1.165, 1.54) is 0 Å². The number of rotatable bonds is 1. The van der Waals surface area contributed by atoms with Crippen molar-refractivity contribution in [2.24, 2.45) is 0 Å². The molecule has 0 amide bonds. The van der Waals surface area contributed by atoms with Crippen LogP contribution in [0.15, 0.2) is 18.3 Å². The van der Waals surface area contributed by atoms with E-state index in [0.717, 1.165) is 31.7 Å². The van der Waals surface area contributed by atoms with Gasteiger partial charge in [-0.25, -0.2) is 4.98 Å². The van der Waals surface area contributed by atoms with Gasteiger partial charge in [-0.2, -0.15) is 0 Å². The number of hydrogen-bond acceptors (Lipinski definition) is 2. The van der Waals surface area contributed by atoms with Crippen molar-refractivity contribution >= 4 is 29.0 Å². The molecule has 1 fully saturated rings. The number of piperidine rings is 1. The largest absolute Gasteiger partial charge is 0.355 e. The Labute approximate surface area is 93.8 Å². The van der Waals surface area contributed by atoms with Gasteiger partial charge in [-0.15, -0.1) is 11.6 Å². The monoisotopic (exact) mass is 230 g/mol. The van der Waals surface area contributed by atoms with Gasteiger partial charge in [0.05, 0.1) is 10.4 Å². The van der Waals surface area contributed by atoms with Gasteiger partial charge in [-0.3, -0.25) is 0 Å². The summed E-state index contributed by atoms with van der Waals surface area (Å²) < 4.78 is 0. The Morgan fingerprint density at radius 3 is 2.93 bits per heavy atom. The smallest absolute Gasteiger partial charge is 0.128 e. The first-order valence-corrected chi connectivity index (χ1v) is 5.58. The average molecular weight is 231 g/mol. The van der Waals surface area contributed by atoms with Gasteiger partial charge in [0, 0.05) is 19.3 Å². The molecule has 2 heterocycles. The summed E-state index contributed by atoms with van der Waals surface area (Å²) in [5.74, 6) is 0.972. The van der Waals surface area contributed by atoms with Crippen molar-refractivity contribution in [3.63, 3.8) is 0 Å². The van der Waals surface area contributed by atoms with Gasteiger partial charge < -0.3 is 4.90 Å². The molecule has 1 unspecified atom stereocenters. The van der Waals surface area contributed by atoms with Gasteiger partial charge in [-0.05, 0) is 25.0 Å². The van der Waals surface area contributed by atoms with Crippen molar-refractivity contribution in [3.8, 4) is 0 Å². The first kappa shape index (κ1) is 10.1. The lowest BCUT2D eigenvalue weighted by Crippen LogP contribution is -2.36. The van der Waals surface area contributed by atoms with Crippen LogP contribution in [0.1, 0.15) is 12.8 Å². The number of nitrogens with zero attached hydrogens (tertiary/aromatic N) is 2. The number of alkyl halides is 1. The summed E-state index contributed by atoms with van der Waals surface area (Å²) in [6.07, 6.45) is 3.92. The van der Waals surface area contributed by atoms with E-state index < -0.39 is 0 Å². The SMILES string of the molecule is Clc1ccc(N2CCCC(Cl)C2)nc1. The van der Waals surface area contributed by atoms with Crippen LogP contribution in [0.25, 0.3) is 0 Å². The Kier molecular flexibility index (Phi) is 3.14. The second-order valence-electron chi connectivity index (χ2n) is 3.52. The maximum absolute atomic E-state index is 6.10. The molecule has 0 N–H and O–H groups in total. The highest BCUT2D eigenvalue weighted by Crippen LogP contribution is 2.21. The molecule has 1 saturated heterocycles. The summed E-state index contributed by atoms with van der Waals surface area (Å²) >= 11 is 11.9. The molecule has 76 valence electrons. The summed E-state index contributed by atoms with van der Waals surface area (Å²) in [7, 11) is 0. The quantitative estimate of drug-likeness (QED) is 0.691. The van der Waals surface area contributed by atoms with Crippen molar-refractivity contribution < 1.29 is 0 Å². The summed E-state index contributed by atoms with van der Waals surface area (Å²) in [6, 6.07) is 3.80.